The molecule has 0 aromatic rings. The van der Waals surface area contributed by atoms with E-state index >= 15 is 0 Å². The summed E-state index contributed by atoms with van der Waals surface area (Å²) in [5.74, 6) is -0.528. The Hall–Kier alpha value is -1.30. The predicted octanol–water partition coefficient (Wildman–Crippen LogP) is 1.27. The van der Waals surface area contributed by atoms with Crippen LogP contribution in [0.4, 0.5) is 4.79 Å². The lowest BCUT2D eigenvalue weighted by atomic mass is 10.0. The van der Waals surface area contributed by atoms with E-state index in [9.17, 15) is 14.7 Å². The van der Waals surface area contributed by atoms with Gasteiger partial charge in [-0.15, -0.1) is 0 Å². The molecule has 1 amide bonds. The zero-order valence-corrected chi connectivity index (χ0v) is 11.3. The number of esters is 1. The number of aliphatic hydroxyl groups is 1. The molecule has 6 nitrogen and oxygen atoms in total. The van der Waals surface area contributed by atoms with Crippen LogP contribution in [-0.4, -0.2) is 47.0 Å². The van der Waals surface area contributed by atoms with Crippen LogP contribution in [0.1, 0.15) is 40.0 Å². The third-order valence-electron chi connectivity index (χ3n) is 2.67. The molecule has 1 N–H and O–H groups in total. The van der Waals surface area contributed by atoms with Crippen LogP contribution < -0.4 is 0 Å². The summed E-state index contributed by atoms with van der Waals surface area (Å²) >= 11 is 0. The average Bonchev–Trinajstić information content (AvgIpc) is 2.25. The van der Waals surface area contributed by atoms with E-state index in [4.69, 9.17) is 4.74 Å². The molecule has 1 aliphatic heterocycles. The van der Waals surface area contributed by atoms with Gasteiger partial charge in [-0.05, 0) is 40.0 Å². The molecule has 0 spiro atoms. The second-order valence-corrected chi connectivity index (χ2v) is 5.34. The fourth-order valence-electron chi connectivity index (χ4n) is 1.91. The lowest BCUT2D eigenvalue weighted by Crippen LogP contribution is -2.54. The highest BCUT2D eigenvalue weighted by Crippen LogP contribution is 2.24. The maximum Gasteiger partial charge on any atom is 0.413 e. The fraction of sp³-hybridized carbons (Fsp3) is 0.833. The van der Waals surface area contributed by atoms with Gasteiger partial charge < -0.3 is 14.6 Å². The number of methoxy groups -OCH3 is 1. The van der Waals surface area contributed by atoms with Crippen molar-refractivity contribution in [2.45, 2.75) is 57.9 Å². The summed E-state index contributed by atoms with van der Waals surface area (Å²) in [5.41, 5.74) is -0.672. The molecule has 0 aromatic heterocycles. The number of likely N-dealkylation sites (tertiary alicyclic amines) is 1. The van der Waals surface area contributed by atoms with Crippen LogP contribution in [0.5, 0.6) is 0 Å². The van der Waals surface area contributed by atoms with Crippen molar-refractivity contribution in [3.8, 4) is 0 Å². The second kappa shape index (κ2) is 5.56. The monoisotopic (exact) mass is 259 g/mol. The predicted molar refractivity (Wildman–Crippen MR) is 63.7 cm³/mol. The van der Waals surface area contributed by atoms with Crippen molar-refractivity contribution < 1.29 is 24.2 Å². The first-order valence-electron chi connectivity index (χ1n) is 6.03. The number of rotatable bonds is 1. The van der Waals surface area contributed by atoms with Gasteiger partial charge in [-0.25, -0.2) is 9.59 Å². The Morgan fingerprint density at radius 1 is 1.28 bits per heavy atom. The molecule has 1 unspecified atom stereocenters. The normalized spacial score (nSPS) is 24.6. The molecule has 0 aliphatic carbocycles. The maximum atomic E-state index is 12.0. The van der Waals surface area contributed by atoms with Crippen molar-refractivity contribution >= 4 is 12.1 Å². The number of piperidine rings is 1. The first-order chi connectivity index (χ1) is 8.26. The molecule has 2 atom stereocenters. The summed E-state index contributed by atoms with van der Waals surface area (Å²) in [6, 6.07) is -0.770. The van der Waals surface area contributed by atoms with Gasteiger partial charge in [0.15, 0.2) is 0 Å². The summed E-state index contributed by atoms with van der Waals surface area (Å²) in [5, 5.41) is 9.87. The molecule has 104 valence electrons. The van der Waals surface area contributed by atoms with Gasteiger partial charge in [0.2, 0.25) is 0 Å². The quantitative estimate of drug-likeness (QED) is 0.718. The van der Waals surface area contributed by atoms with Gasteiger partial charge in [0, 0.05) is 0 Å². The van der Waals surface area contributed by atoms with Gasteiger partial charge in [0.25, 0.3) is 0 Å². The van der Waals surface area contributed by atoms with Crippen molar-refractivity contribution in [1.82, 2.24) is 4.90 Å². The Morgan fingerprint density at radius 3 is 2.39 bits per heavy atom. The molecule has 0 bridgehead atoms. The molecule has 6 heteroatoms. The molecular formula is C12H21NO5. The lowest BCUT2D eigenvalue weighted by Gasteiger charge is -2.38. The van der Waals surface area contributed by atoms with E-state index in [2.05, 4.69) is 4.74 Å². The summed E-state index contributed by atoms with van der Waals surface area (Å²) < 4.78 is 9.84. The smallest absolute Gasteiger partial charge is 0.413 e. The third kappa shape index (κ3) is 3.60. The SMILES string of the molecule is COC(=O)[C@H]1CCCC(O)N1C(=O)OC(C)(C)C. The van der Waals surface area contributed by atoms with Gasteiger partial charge in [-0.2, -0.15) is 0 Å². The van der Waals surface area contributed by atoms with Crippen LogP contribution in [0.3, 0.4) is 0 Å². The van der Waals surface area contributed by atoms with E-state index in [1.807, 2.05) is 0 Å². The van der Waals surface area contributed by atoms with Gasteiger partial charge in [0.05, 0.1) is 7.11 Å². The Balaban J connectivity index is 2.84. The van der Waals surface area contributed by atoms with Gasteiger partial charge in [-0.1, -0.05) is 0 Å². The molecule has 1 heterocycles. The largest absolute Gasteiger partial charge is 0.467 e. The van der Waals surface area contributed by atoms with Crippen molar-refractivity contribution in [2.24, 2.45) is 0 Å². The number of amides is 1. The first kappa shape index (κ1) is 14.8. The highest BCUT2D eigenvalue weighted by molar-refractivity contribution is 5.81. The minimum absolute atomic E-state index is 0.437. The van der Waals surface area contributed by atoms with E-state index in [-0.39, 0.29) is 0 Å². The number of nitrogens with zero attached hydrogens (tertiary/aromatic N) is 1. The molecule has 0 radical (unpaired) electrons. The average molecular weight is 259 g/mol. The molecule has 18 heavy (non-hydrogen) atoms. The maximum absolute atomic E-state index is 12.0. The lowest BCUT2D eigenvalue weighted by molar-refractivity contribution is -0.155. The summed E-state index contributed by atoms with van der Waals surface area (Å²) in [4.78, 5) is 24.7. The van der Waals surface area contributed by atoms with Crippen LogP contribution in [0.25, 0.3) is 0 Å². The molecule has 0 saturated carbocycles. The van der Waals surface area contributed by atoms with Gasteiger partial charge >= 0.3 is 12.1 Å². The highest BCUT2D eigenvalue weighted by Gasteiger charge is 2.40. The van der Waals surface area contributed by atoms with Crippen LogP contribution >= 0.6 is 0 Å². The Bertz CT molecular complexity index is 323. The van der Waals surface area contributed by atoms with E-state index in [1.54, 1.807) is 20.8 Å². The first-order valence-corrected chi connectivity index (χ1v) is 6.03. The third-order valence-corrected chi connectivity index (χ3v) is 2.67. The molecular weight excluding hydrogens is 238 g/mol. The van der Waals surface area contributed by atoms with Crippen LogP contribution in [0.15, 0.2) is 0 Å². The van der Waals surface area contributed by atoms with E-state index in [0.29, 0.717) is 19.3 Å². The van der Waals surface area contributed by atoms with E-state index in [1.165, 1.54) is 7.11 Å². The number of carbonyl (C=O) groups excluding carboxylic acids is 2. The van der Waals surface area contributed by atoms with Crippen molar-refractivity contribution in [2.75, 3.05) is 7.11 Å². The number of hydrogen-bond donors (Lipinski definition) is 1. The van der Waals surface area contributed by atoms with Crippen LogP contribution in [0.2, 0.25) is 0 Å². The molecule has 0 aromatic carbocycles. The molecule has 1 aliphatic rings. The summed E-state index contributed by atoms with van der Waals surface area (Å²) in [7, 11) is 1.26. The summed E-state index contributed by atoms with van der Waals surface area (Å²) in [6.45, 7) is 5.19. The van der Waals surface area contributed by atoms with Gasteiger partial charge in [0.1, 0.15) is 17.9 Å². The standard InChI is InChI=1S/C12H21NO5/c1-12(2,3)18-11(16)13-8(10(15)17-4)6-5-7-9(13)14/h8-9,14H,5-7H2,1-4H3/t8-,9?/m1/s1. The minimum Gasteiger partial charge on any atom is -0.467 e. The minimum atomic E-state index is -1.00. The fourth-order valence-corrected chi connectivity index (χ4v) is 1.91. The zero-order valence-electron chi connectivity index (χ0n) is 11.3. The summed E-state index contributed by atoms with van der Waals surface area (Å²) in [6.07, 6.45) is -0.113. The van der Waals surface area contributed by atoms with Crippen LogP contribution in [0, 0.1) is 0 Å². The second-order valence-electron chi connectivity index (χ2n) is 5.34. The van der Waals surface area contributed by atoms with E-state index < -0.39 is 29.9 Å². The van der Waals surface area contributed by atoms with Gasteiger partial charge in [-0.3, -0.25) is 4.90 Å². The molecule has 1 fully saturated rings. The topological polar surface area (TPSA) is 76.1 Å². The van der Waals surface area contributed by atoms with Crippen molar-refractivity contribution in [3.05, 3.63) is 0 Å². The number of carbonyl (C=O) groups is 2. The van der Waals surface area contributed by atoms with Crippen molar-refractivity contribution in [3.63, 3.8) is 0 Å². The Morgan fingerprint density at radius 2 is 1.89 bits per heavy atom. The molecule has 1 saturated heterocycles. The number of hydrogen-bond acceptors (Lipinski definition) is 5. The Labute approximate surface area is 107 Å². The number of ether oxygens (including phenoxy) is 2. The van der Waals surface area contributed by atoms with Crippen molar-refractivity contribution in [1.29, 1.82) is 0 Å². The van der Waals surface area contributed by atoms with E-state index in [0.717, 1.165) is 4.90 Å². The molecule has 1 rings (SSSR count). The number of aliphatic hydroxyl groups excluding tert-OH is 1. The Kier molecular flexibility index (Phi) is 4.56. The van der Waals surface area contributed by atoms with Crippen LogP contribution in [-0.2, 0) is 14.3 Å². The highest BCUT2D eigenvalue weighted by atomic mass is 16.6. The zero-order chi connectivity index (χ0) is 13.9.